The molecule has 216 valence electrons. The van der Waals surface area contributed by atoms with Gasteiger partial charge in [-0.15, -0.1) is 0 Å². The van der Waals surface area contributed by atoms with Crippen LogP contribution in [0.2, 0.25) is 0 Å². The van der Waals surface area contributed by atoms with E-state index in [-0.39, 0.29) is 36.4 Å². The standard InChI is InChI=1S/C34H28F2N4O3/c1-21(41)23-11-12-31-32(16-23)40(19-27-4-3-13-42-27)33(38-31)17-24-9-10-25(15-29(24)36)30-5-2-6-34(39-30)43-20-26-8-7-22(18-37)14-28(26)35/h2,5-12,14-16,27H,3-4,13,17,19-20H2,1H3/t27-/m0/s1. The number of ether oxygens (including phenoxy) is 2. The fourth-order valence-electron chi connectivity index (χ4n) is 5.28. The summed E-state index contributed by atoms with van der Waals surface area (Å²) in [5, 5.41) is 8.93. The summed E-state index contributed by atoms with van der Waals surface area (Å²) in [6, 6.07) is 21.6. The summed E-state index contributed by atoms with van der Waals surface area (Å²) in [5.41, 5.74) is 4.25. The number of fused-ring (bicyclic) bond motifs is 1. The molecule has 3 heterocycles. The first-order chi connectivity index (χ1) is 20.9. The van der Waals surface area contributed by atoms with E-state index in [4.69, 9.17) is 19.7 Å². The van der Waals surface area contributed by atoms with Crippen molar-refractivity contribution in [2.45, 2.75) is 45.4 Å². The Morgan fingerprint density at radius 2 is 1.88 bits per heavy atom. The van der Waals surface area contributed by atoms with Crippen LogP contribution in [0, 0.1) is 23.0 Å². The summed E-state index contributed by atoms with van der Waals surface area (Å²) in [4.78, 5) is 21.3. The van der Waals surface area contributed by atoms with Gasteiger partial charge >= 0.3 is 0 Å². The average Bonchev–Trinajstić information content (AvgIpc) is 3.65. The molecule has 1 atom stereocenters. The Labute approximate surface area is 247 Å². The van der Waals surface area contributed by atoms with Crippen LogP contribution < -0.4 is 4.74 Å². The number of benzene rings is 3. The second-order valence-electron chi connectivity index (χ2n) is 10.6. The molecule has 5 aromatic rings. The van der Waals surface area contributed by atoms with Crippen molar-refractivity contribution in [2.24, 2.45) is 0 Å². The number of ketones is 1. The minimum absolute atomic E-state index is 0.0283. The quantitative estimate of drug-likeness (QED) is 0.179. The van der Waals surface area contributed by atoms with Gasteiger partial charge in [0.2, 0.25) is 5.88 Å². The number of carbonyl (C=O) groups excluding carboxylic acids is 1. The lowest BCUT2D eigenvalue weighted by Crippen LogP contribution is -2.17. The largest absolute Gasteiger partial charge is 0.473 e. The third-order valence-electron chi connectivity index (χ3n) is 7.62. The summed E-state index contributed by atoms with van der Waals surface area (Å²) in [6.07, 6.45) is 2.23. The molecule has 2 aromatic heterocycles. The highest BCUT2D eigenvalue weighted by Gasteiger charge is 2.21. The smallest absolute Gasteiger partial charge is 0.214 e. The predicted molar refractivity (Wildman–Crippen MR) is 157 cm³/mol. The lowest BCUT2D eigenvalue weighted by Gasteiger charge is -2.15. The summed E-state index contributed by atoms with van der Waals surface area (Å²) >= 11 is 0. The van der Waals surface area contributed by atoms with Crippen molar-refractivity contribution >= 4 is 16.8 Å². The zero-order valence-electron chi connectivity index (χ0n) is 23.5. The molecular formula is C34H28F2N4O3. The normalized spacial score (nSPS) is 14.6. The molecule has 0 unspecified atom stereocenters. The first kappa shape index (κ1) is 28.2. The number of pyridine rings is 1. The van der Waals surface area contributed by atoms with E-state index in [0.717, 1.165) is 29.9 Å². The van der Waals surface area contributed by atoms with E-state index in [1.165, 1.54) is 25.1 Å². The van der Waals surface area contributed by atoms with Gasteiger partial charge in [0.25, 0.3) is 0 Å². The van der Waals surface area contributed by atoms with Gasteiger partial charge in [0, 0.05) is 35.8 Å². The van der Waals surface area contributed by atoms with Crippen LogP contribution in [0.3, 0.4) is 0 Å². The molecule has 9 heteroatoms. The molecular weight excluding hydrogens is 550 g/mol. The number of nitriles is 1. The summed E-state index contributed by atoms with van der Waals surface area (Å²) in [6.45, 7) is 2.76. The Balaban J connectivity index is 1.23. The van der Waals surface area contributed by atoms with Gasteiger partial charge in [0.15, 0.2) is 5.78 Å². The van der Waals surface area contributed by atoms with Crippen LogP contribution in [-0.2, 0) is 24.3 Å². The zero-order chi connectivity index (χ0) is 29.9. The first-order valence-electron chi connectivity index (χ1n) is 14.1. The molecule has 6 rings (SSSR count). The molecule has 7 nitrogen and oxygen atoms in total. The fraction of sp³-hybridized carbons (Fsp3) is 0.235. The summed E-state index contributed by atoms with van der Waals surface area (Å²) in [5.74, 6) is 0.00116. The molecule has 1 aliphatic rings. The number of nitrogens with zero attached hydrogens (tertiary/aromatic N) is 4. The van der Waals surface area contributed by atoms with Crippen LogP contribution in [0.15, 0.2) is 72.8 Å². The van der Waals surface area contributed by atoms with E-state index in [1.54, 1.807) is 36.4 Å². The van der Waals surface area contributed by atoms with E-state index in [9.17, 15) is 9.18 Å². The Bertz CT molecular complexity index is 1870. The minimum atomic E-state index is -0.531. The van der Waals surface area contributed by atoms with E-state index < -0.39 is 11.6 Å². The maximum absolute atomic E-state index is 15.5. The molecule has 1 aliphatic heterocycles. The van der Waals surface area contributed by atoms with Crippen molar-refractivity contribution in [3.63, 3.8) is 0 Å². The van der Waals surface area contributed by atoms with Crippen LogP contribution in [0.4, 0.5) is 8.78 Å². The minimum Gasteiger partial charge on any atom is -0.473 e. The molecule has 1 fully saturated rings. The molecule has 0 aliphatic carbocycles. The van der Waals surface area contributed by atoms with Crippen LogP contribution in [-0.4, -0.2) is 33.0 Å². The average molecular weight is 579 g/mol. The topological polar surface area (TPSA) is 90.0 Å². The zero-order valence-corrected chi connectivity index (χ0v) is 23.5. The second kappa shape index (κ2) is 12.1. The number of halogens is 2. The summed E-state index contributed by atoms with van der Waals surface area (Å²) < 4.78 is 43.4. The molecule has 0 saturated carbocycles. The van der Waals surface area contributed by atoms with Gasteiger partial charge in [0.1, 0.15) is 24.1 Å². The fourth-order valence-corrected chi connectivity index (χ4v) is 5.28. The van der Waals surface area contributed by atoms with Crippen molar-refractivity contribution in [1.29, 1.82) is 5.26 Å². The second-order valence-corrected chi connectivity index (χ2v) is 10.6. The van der Waals surface area contributed by atoms with Crippen LogP contribution in [0.5, 0.6) is 5.88 Å². The van der Waals surface area contributed by atoms with Crippen molar-refractivity contribution in [1.82, 2.24) is 14.5 Å². The van der Waals surface area contributed by atoms with Crippen LogP contribution >= 0.6 is 0 Å². The summed E-state index contributed by atoms with van der Waals surface area (Å²) in [7, 11) is 0. The highest BCUT2D eigenvalue weighted by Crippen LogP contribution is 2.27. The van der Waals surface area contributed by atoms with Gasteiger partial charge in [-0.05, 0) is 67.8 Å². The molecule has 0 amide bonds. The molecule has 1 saturated heterocycles. The van der Waals surface area contributed by atoms with Gasteiger partial charge in [-0.3, -0.25) is 4.79 Å². The van der Waals surface area contributed by atoms with Gasteiger partial charge in [-0.1, -0.05) is 24.3 Å². The Hall–Kier alpha value is -4.94. The van der Waals surface area contributed by atoms with Crippen molar-refractivity contribution in [3.8, 4) is 23.2 Å². The lowest BCUT2D eigenvalue weighted by molar-refractivity contribution is 0.0973. The third-order valence-corrected chi connectivity index (χ3v) is 7.62. The highest BCUT2D eigenvalue weighted by atomic mass is 19.1. The number of rotatable bonds is 9. The Morgan fingerprint density at radius 3 is 2.63 bits per heavy atom. The van der Waals surface area contributed by atoms with Crippen molar-refractivity contribution < 1.29 is 23.0 Å². The number of hydrogen-bond acceptors (Lipinski definition) is 6. The van der Waals surface area contributed by atoms with Crippen molar-refractivity contribution in [2.75, 3.05) is 6.61 Å². The number of imidazole rings is 1. The van der Waals surface area contributed by atoms with E-state index in [1.807, 2.05) is 22.8 Å². The SMILES string of the molecule is CC(=O)c1ccc2nc(Cc3ccc(-c4cccc(OCc5ccc(C#N)cc5F)n4)cc3F)n(C[C@@H]3CCCO3)c2c1. The highest BCUT2D eigenvalue weighted by molar-refractivity contribution is 5.97. The number of hydrogen-bond donors (Lipinski definition) is 0. The van der Waals surface area contributed by atoms with Gasteiger partial charge in [-0.25, -0.2) is 18.7 Å². The van der Waals surface area contributed by atoms with Crippen LogP contribution in [0.1, 0.15) is 52.6 Å². The molecule has 0 spiro atoms. The number of carbonyl (C=O) groups is 1. The van der Waals surface area contributed by atoms with Gasteiger partial charge in [-0.2, -0.15) is 5.26 Å². The molecule has 0 bridgehead atoms. The Kier molecular flexibility index (Phi) is 7.95. The molecule has 3 aromatic carbocycles. The van der Waals surface area contributed by atoms with E-state index in [2.05, 4.69) is 4.98 Å². The third kappa shape index (κ3) is 6.15. The Morgan fingerprint density at radius 1 is 1.05 bits per heavy atom. The van der Waals surface area contributed by atoms with E-state index >= 15 is 4.39 Å². The number of Topliss-reactive ketones (excluding diaryl/α,β-unsaturated/α-hetero) is 1. The molecule has 0 N–H and O–H groups in total. The maximum Gasteiger partial charge on any atom is 0.214 e. The van der Waals surface area contributed by atoms with Crippen LogP contribution in [0.25, 0.3) is 22.3 Å². The van der Waals surface area contributed by atoms with Gasteiger partial charge < -0.3 is 14.0 Å². The van der Waals surface area contributed by atoms with Gasteiger partial charge in [0.05, 0.1) is 41.0 Å². The maximum atomic E-state index is 15.5. The molecule has 0 radical (unpaired) electrons. The first-order valence-corrected chi connectivity index (χ1v) is 14.1. The monoisotopic (exact) mass is 578 g/mol. The number of aromatic nitrogens is 3. The lowest BCUT2D eigenvalue weighted by atomic mass is 10.1. The predicted octanol–water partition coefficient (Wildman–Crippen LogP) is 6.80. The molecule has 43 heavy (non-hydrogen) atoms. The van der Waals surface area contributed by atoms with Crippen molar-refractivity contribution in [3.05, 3.63) is 113 Å². The van der Waals surface area contributed by atoms with E-state index in [0.29, 0.717) is 46.9 Å².